The predicted molar refractivity (Wildman–Crippen MR) is 101 cm³/mol. The van der Waals surface area contributed by atoms with Crippen molar-refractivity contribution in [3.8, 4) is 17.2 Å². The minimum absolute atomic E-state index is 0.438. The Bertz CT molecular complexity index is 567. The quantitative estimate of drug-likeness (QED) is 0.558. The summed E-state index contributed by atoms with van der Waals surface area (Å²) in [6.45, 7) is 3.78. The number of ether oxygens (including phenoxy) is 3. The Morgan fingerprint density at radius 3 is 2.12 bits per heavy atom. The zero-order valence-corrected chi connectivity index (χ0v) is 16.1. The molecule has 6 heteroatoms. The maximum Gasteiger partial charge on any atom is 0.191 e. The summed E-state index contributed by atoms with van der Waals surface area (Å²) in [6.07, 6.45) is 5.14. The molecule has 25 heavy (non-hydrogen) atoms. The van der Waals surface area contributed by atoms with Crippen LogP contribution in [0.2, 0.25) is 0 Å². The first-order valence-electron chi connectivity index (χ1n) is 8.84. The molecule has 140 valence electrons. The zero-order valence-electron chi connectivity index (χ0n) is 16.1. The molecule has 1 aromatic carbocycles. The van der Waals surface area contributed by atoms with E-state index in [0.29, 0.717) is 17.7 Å². The highest BCUT2D eigenvalue weighted by molar-refractivity contribution is 5.79. The van der Waals surface area contributed by atoms with Crippen LogP contribution >= 0.6 is 0 Å². The van der Waals surface area contributed by atoms with Crippen molar-refractivity contribution in [3.63, 3.8) is 0 Å². The molecule has 2 rings (SSSR count). The Labute approximate surface area is 151 Å². The molecule has 0 bridgehead atoms. The van der Waals surface area contributed by atoms with Crippen molar-refractivity contribution < 1.29 is 14.2 Å². The number of methoxy groups -OCH3 is 3. The maximum atomic E-state index is 5.49. The minimum atomic E-state index is 0.438. The topological polar surface area (TPSA) is 64.1 Å². The largest absolute Gasteiger partial charge is 0.496 e. The predicted octanol–water partition coefficient (Wildman–Crippen LogP) is 2.96. The summed E-state index contributed by atoms with van der Waals surface area (Å²) in [5.74, 6) is 2.95. The highest BCUT2D eigenvalue weighted by Crippen LogP contribution is 2.43. The van der Waals surface area contributed by atoms with E-state index < -0.39 is 0 Å². The molecule has 1 fully saturated rings. The average molecular weight is 349 g/mol. The molecule has 0 saturated heterocycles. The Morgan fingerprint density at radius 2 is 1.72 bits per heavy atom. The summed E-state index contributed by atoms with van der Waals surface area (Å²) in [5.41, 5.74) is 1.37. The van der Waals surface area contributed by atoms with E-state index in [2.05, 4.69) is 22.5 Å². The summed E-state index contributed by atoms with van der Waals surface area (Å²) in [5, 5.41) is 6.82. The number of hydrogen-bond donors (Lipinski definition) is 2. The highest BCUT2D eigenvalue weighted by Gasteiger charge is 2.34. The van der Waals surface area contributed by atoms with Crippen LogP contribution in [-0.4, -0.2) is 40.9 Å². The van der Waals surface area contributed by atoms with E-state index in [-0.39, 0.29) is 0 Å². The van der Waals surface area contributed by atoms with Gasteiger partial charge in [0.15, 0.2) is 5.96 Å². The maximum absolute atomic E-state index is 5.49. The van der Waals surface area contributed by atoms with Crippen LogP contribution in [0.5, 0.6) is 17.2 Å². The van der Waals surface area contributed by atoms with Crippen LogP contribution in [0.4, 0.5) is 0 Å². The molecule has 6 nitrogen and oxygen atoms in total. The highest BCUT2D eigenvalue weighted by atomic mass is 16.5. The molecule has 0 heterocycles. The number of nitrogens with one attached hydrogen (secondary N) is 2. The SMILES string of the molecule is CCC1(CNC(=NC)NCc2c(OC)cc(OC)cc2OC)CCC1. The molecule has 1 aliphatic carbocycles. The standard InChI is InChI=1S/C19H31N3O3/c1-6-19(8-7-9-19)13-22-18(20-2)21-12-15-16(24-4)10-14(23-3)11-17(15)25-5/h10-11H,6-9,12-13H2,1-5H3,(H2,20,21,22). The van der Waals surface area contributed by atoms with Crippen LogP contribution < -0.4 is 24.8 Å². The van der Waals surface area contributed by atoms with Crippen molar-refractivity contribution in [1.29, 1.82) is 0 Å². The minimum Gasteiger partial charge on any atom is -0.496 e. The number of benzene rings is 1. The van der Waals surface area contributed by atoms with Crippen LogP contribution in [0.15, 0.2) is 17.1 Å². The lowest BCUT2D eigenvalue weighted by molar-refractivity contribution is 0.131. The fourth-order valence-electron chi connectivity index (χ4n) is 3.25. The second-order valence-corrected chi connectivity index (χ2v) is 6.50. The lowest BCUT2D eigenvalue weighted by atomic mass is 9.67. The van der Waals surface area contributed by atoms with E-state index in [1.165, 1.54) is 25.7 Å². The van der Waals surface area contributed by atoms with Gasteiger partial charge in [-0.2, -0.15) is 0 Å². The van der Waals surface area contributed by atoms with Crippen molar-refractivity contribution in [2.75, 3.05) is 34.9 Å². The first-order valence-corrected chi connectivity index (χ1v) is 8.84. The van der Waals surface area contributed by atoms with Crippen LogP contribution in [0.25, 0.3) is 0 Å². The van der Waals surface area contributed by atoms with Gasteiger partial charge >= 0.3 is 0 Å². The normalized spacial score (nSPS) is 16.0. The molecule has 0 aliphatic heterocycles. The Balaban J connectivity index is 2.03. The van der Waals surface area contributed by atoms with Crippen LogP contribution in [0.1, 0.15) is 38.2 Å². The van der Waals surface area contributed by atoms with E-state index in [4.69, 9.17) is 14.2 Å². The second-order valence-electron chi connectivity index (χ2n) is 6.50. The van der Waals surface area contributed by atoms with E-state index >= 15 is 0 Å². The molecule has 0 unspecified atom stereocenters. The van der Waals surface area contributed by atoms with Gasteiger partial charge in [-0.05, 0) is 24.7 Å². The van der Waals surface area contributed by atoms with Gasteiger partial charge in [0.2, 0.25) is 0 Å². The van der Waals surface area contributed by atoms with Gasteiger partial charge in [-0.3, -0.25) is 4.99 Å². The number of nitrogens with zero attached hydrogens (tertiary/aromatic N) is 1. The summed E-state index contributed by atoms with van der Waals surface area (Å²) < 4.78 is 16.3. The third-order valence-electron chi connectivity index (χ3n) is 5.27. The third kappa shape index (κ3) is 4.50. The van der Waals surface area contributed by atoms with Gasteiger partial charge in [-0.15, -0.1) is 0 Å². The molecule has 0 aromatic heterocycles. The van der Waals surface area contributed by atoms with Crippen molar-refractivity contribution >= 4 is 5.96 Å². The first kappa shape index (κ1) is 19.2. The first-order chi connectivity index (χ1) is 12.1. The molecular weight excluding hydrogens is 318 g/mol. The Hall–Kier alpha value is -2.11. The van der Waals surface area contributed by atoms with E-state index in [1.807, 2.05) is 12.1 Å². The van der Waals surface area contributed by atoms with Gasteiger partial charge in [0.05, 0.1) is 33.4 Å². The second kappa shape index (κ2) is 8.83. The fraction of sp³-hybridized carbons (Fsp3) is 0.632. The lowest BCUT2D eigenvalue weighted by Crippen LogP contribution is -2.46. The molecule has 1 aliphatic rings. The zero-order chi connectivity index (χ0) is 18.3. The van der Waals surface area contributed by atoms with Crippen molar-refractivity contribution in [2.24, 2.45) is 10.4 Å². The molecule has 2 N–H and O–H groups in total. The van der Waals surface area contributed by atoms with Gasteiger partial charge in [0.1, 0.15) is 17.2 Å². The van der Waals surface area contributed by atoms with E-state index in [9.17, 15) is 0 Å². The van der Waals surface area contributed by atoms with E-state index in [1.54, 1.807) is 28.4 Å². The summed E-state index contributed by atoms with van der Waals surface area (Å²) >= 11 is 0. The van der Waals surface area contributed by atoms with Gasteiger partial charge in [-0.25, -0.2) is 0 Å². The summed E-state index contributed by atoms with van der Waals surface area (Å²) in [6, 6.07) is 3.71. The molecule has 0 atom stereocenters. The number of aliphatic imine (C=N–C) groups is 1. The Morgan fingerprint density at radius 1 is 1.08 bits per heavy atom. The Kier molecular flexibility index (Phi) is 6.79. The van der Waals surface area contributed by atoms with Crippen molar-refractivity contribution in [1.82, 2.24) is 10.6 Å². The monoisotopic (exact) mass is 349 g/mol. The van der Waals surface area contributed by atoms with Crippen molar-refractivity contribution in [3.05, 3.63) is 17.7 Å². The van der Waals surface area contributed by atoms with Crippen LogP contribution in [-0.2, 0) is 6.54 Å². The van der Waals surface area contributed by atoms with Crippen LogP contribution in [0.3, 0.4) is 0 Å². The number of rotatable bonds is 8. The van der Waals surface area contributed by atoms with Gasteiger partial charge in [0.25, 0.3) is 0 Å². The fourth-order valence-corrected chi connectivity index (χ4v) is 3.25. The van der Waals surface area contributed by atoms with Gasteiger partial charge < -0.3 is 24.8 Å². The molecular formula is C19H31N3O3. The molecule has 0 amide bonds. The van der Waals surface area contributed by atoms with Crippen LogP contribution in [0, 0.1) is 5.41 Å². The molecule has 1 aromatic rings. The summed E-state index contributed by atoms with van der Waals surface area (Å²) in [4.78, 5) is 4.33. The molecule has 0 spiro atoms. The van der Waals surface area contributed by atoms with E-state index in [0.717, 1.165) is 29.6 Å². The average Bonchev–Trinajstić information content (AvgIpc) is 2.62. The number of guanidine groups is 1. The third-order valence-corrected chi connectivity index (χ3v) is 5.27. The molecule has 0 radical (unpaired) electrons. The summed E-state index contributed by atoms with van der Waals surface area (Å²) in [7, 11) is 6.71. The molecule has 1 saturated carbocycles. The number of hydrogen-bond acceptors (Lipinski definition) is 4. The van der Waals surface area contributed by atoms with Crippen molar-refractivity contribution in [2.45, 2.75) is 39.2 Å². The lowest BCUT2D eigenvalue weighted by Gasteiger charge is -2.41. The smallest absolute Gasteiger partial charge is 0.191 e. The van der Waals surface area contributed by atoms with Gasteiger partial charge in [0, 0.05) is 25.7 Å². The van der Waals surface area contributed by atoms with Gasteiger partial charge in [-0.1, -0.05) is 13.3 Å².